The molecule has 110 valence electrons. The van der Waals surface area contributed by atoms with Crippen molar-refractivity contribution in [1.29, 1.82) is 0 Å². The molecule has 0 fully saturated rings. The van der Waals surface area contributed by atoms with E-state index in [9.17, 15) is 13.2 Å². The number of sulfonamides is 1. The SMILES string of the molecule is C#CC(C)NS(=O)(=O)c1c(C)[nH]c(C(=O)OCC)c1C. The maximum absolute atomic E-state index is 12.3. The van der Waals surface area contributed by atoms with Crippen LogP contribution in [-0.2, 0) is 14.8 Å². The number of terminal acetylenes is 1. The van der Waals surface area contributed by atoms with Crippen molar-refractivity contribution in [2.75, 3.05) is 6.61 Å². The van der Waals surface area contributed by atoms with Crippen molar-refractivity contribution in [2.45, 2.75) is 38.6 Å². The Labute approximate surface area is 119 Å². The van der Waals surface area contributed by atoms with Gasteiger partial charge < -0.3 is 9.72 Å². The number of aromatic amines is 1. The van der Waals surface area contributed by atoms with Crippen LogP contribution in [0.5, 0.6) is 0 Å². The third kappa shape index (κ3) is 3.21. The molecule has 0 bridgehead atoms. The van der Waals surface area contributed by atoms with Gasteiger partial charge >= 0.3 is 5.97 Å². The van der Waals surface area contributed by atoms with Crippen molar-refractivity contribution in [3.8, 4) is 12.3 Å². The van der Waals surface area contributed by atoms with E-state index in [1.807, 2.05) is 0 Å². The zero-order valence-electron chi connectivity index (χ0n) is 11.9. The van der Waals surface area contributed by atoms with Gasteiger partial charge in [-0.05, 0) is 27.7 Å². The van der Waals surface area contributed by atoms with Gasteiger partial charge in [-0.3, -0.25) is 0 Å². The Kier molecular flexibility index (Phi) is 4.98. The molecule has 1 heterocycles. The summed E-state index contributed by atoms with van der Waals surface area (Å²) < 4.78 is 31.7. The molecule has 20 heavy (non-hydrogen) atoms. The van der Waals surface area contributed by atoms with Gasteiger partial charge in [0.15, 0.2) is 0 Å². The van der Waals surface area contributed by atoms with Crippen LogP contribution in [0.15, 0.2) is 4.90 Å². The third-order valence-corrected chi connectivity index (χ3v) is 4.51. The minimum atomic E-state index is -3.79. The second kappa shape index (κ2) is 6.11. The quantitative estimate of drug-likeness (QED) is 0.629. The van der Waals surface area contributed by atoms with E-state index >= 15 is 0 Å². The van der Waals surface area contributed by atoms with E-state index in [0.29, 0.717) is 11.3 Å². The number of carbonyl (C=O) groups excluding carboxylic acids is 1. The van der Waals surface area contributed by atoms with Gasteiger partial charge in [0.2, 0.25) is 10.0 Å². The lowest BCUT2D eigenvalue weighted by atomic mass is 10.2. The molecule has 0 aliphatic rings. The highest BCUT2D eigenvalue weighted by atomic mass is 32.2. The van der Waals surface area contributed by atoms with Gasteiger partial charge in [-0.25, -0.2) is 13.2 Å². The van der Waals surface area contributed by atoms with Crippen molar-refractivity contribution >= 4 is 16.0 Å². The fourth-order valence-corrected chi connectivity index (χ4v) is 3.48. The Morgan fingerprint density at radius 3 is 2.60 bits per heavy atom. The number of hydrogen-bond donors (Lipinski definition) is 2. The molecule has 0 saturated carbocycles. The molecule has 0 aliphatic heterocycles. The van der Waals surface area contributed by atoms with Crippen molar-refractivity contribution in [2.24, 2.45) is 0 Å². The summed E-state index contributed by atoms with van der Waals surface area (Å²) in [6, 6.07) is -0.639. The number of H-pyrrole nitrogens is 1. The van der Waals surface area contributed by atoms with E-state index in [1.165, 1.54) is 0 Å². The van der Waals surface area contributed by atoms with E-state index in [4.69, 9.17) is 11.2 Å². The summed E-state index contributed by atoms with van der Waals surface area (Å²) >= 11 is 0. The molecule has 0 aromatic carbocycles. The summed E-state index contributed by atoms with van der Waals surface area (Å²) in [4.78, 5) is 14.5. The van der Waals surface area contributed by atoms with Crippen LogP contribution in [0.25, 0.3) is 0 Å². The van der Waals surface area contributed by atoms with Gasteiger partial charge in [-0.1, -0.05) is 5.92 Å². The summed E-state index contributed by atoms with van der Waals surface area (Å²) in [7, 11) is -3.79. The summed E-state index contributed by atoms with van der Waals surface area (Å²) in [6.45, 7) is 6.57. The van der Waals surface area contributed by atoms with Crippen LogP contribution < -0.4 is 4.72 Å². The lowest BCUT2D eigenvalue weighted by molar-refractivity contribution is 0.0519. The van der Waals surface area contributed by atoms with Gasteiger partial charge in [0.05, 0.1) is 12.6 Å². The molecule has 1 atom stereocenters. The Bertz CT molecular complexity index is 653. The first-order chi connectivity index (χ1) is 9.24. The molecule has 1 aromatic heterocycles. The predicted molar refractivity (Wildman–Crippen MR) is 74.8 cm³/mol. The molecule has 1 unspecified atom stereocenters. The summed E-state index contributed by atoms with van der Waals surface area (Å²) in [6.07, 6.45) is 5.17. The average Bonchev–Trinajstić information content (AvgIpc) is 2.65. The third-order valence-electron chi connectivity index (χ3n) is 2.70. The number of ether oxygens (including phenoxy) is 1. The number of aromatic nitrogens is 1. The van der Waals surface area contributed by atoms with Gasteiger partial charge in [-0.15, -0.1) is 6.42 Å². The summed E-state index contributed by atoms with van der Waals surface area (Å²) in [5.41, 5.74) is 0.818. The normalized spacial score (nSPS) is 12.8. The molecule has 6 nitrogen and oxygen atoms in total. The van der Waals surface area contributed by atoms with Crippen molar-refractivity contribution in [3.63, 3.8) is 0 Å². The maximum Gasteiger partial charge on any atom is 0.355 e. The number of aryl methyl sites for hydroxylation is 1. The van der Waals surface area contributed by atoms with E-state index in [-0.39, 0.29) is 17.2 Å². The Balaban J connectivity index is 3.28. The fourth-order valence-electron chi connectivity index (χ4n) is 1.87. The first-order valence-corrected chi connectivity index (χ1v) is 7.57. The average molecular weight is 298 g/mol. The minimum Gasteiger partial charge on any atom is -0.461 e. The Hall–Kier alpha value is -1.78. The second-order valence-electron chi connectivity index (χ2n) is 4.31. The topological polar surface area (TPSA) is 88.3 Å². The maximum atomic E-state index is 12.3. The highest BCUT2D eigenvalue weighted by Crippen LogP contribution is 2.23. The van der Waals surface area contributed by atoms with E-state index in [0.717, 1.165) is 0 Å². The molecule has 1 rings (SSSR count). The molecule has 7 heteroatoms. The molecule has 0 aliphatic carbocycles. The molecular formula is C13H18N2O4S. The van der Waals surface area contributed by atoms with Gasteiger partial charge in [0, 0.05) is 11.3 Å². The van der Waals surface area contributed by atoms with Gasteiger partial charge in [-0.2, -0.15) is 4.72 Å². The minimum absolute atomic E-state index is 0.0302. The largest absolute Gasteiger partial charge is 0.461 e. The lowest BCUT2D eigenvalue weighted by Gasteiger charge is -2.09. The smallest absolute Gasteiger partial charge is 0.355 e. The fraction of sp³-hybridized carbons (Fsp3) is 0.462. The van der Waals surface area contributed by atoms with Crippen molar-refractivity contribution in [1.82, 2.24) is 9.71 Å². The van der Waals surface area contributed by atoms with Gasteiger partial charge in [0.1, 0.15) is 10.6 Å². The van der Waals surface area contributed by atoms with Crippen LogP contribution in [0.4, 0.5) is 0 Å². The number of rotatable bonds is 5. The standard InChI is InChI=1S/C13H18N2O4S/c1-6-8(3)15-20(17,18)12-9(4)11(14-10(12)5)13(16)19-7-2/h1,8,14-15H,7H2,2-5H3. The van der Waals surface area contributed by atoms with Crippen LogP contribution in [0, 0.1) is 26.2 Å². The lowest BCUT2D eigenvalue weighted by Crippen LogP contribution is -2.32. The van der Waals surface area contributed by atoms with E-state index < -0.39 is 22.0 Å². The summed E-state index contributed by atoms with van der Waals surface area (Å²) in [5, 5.41) is 0. The Morgan fingerprint density at radius 1 is 1.50 bits per heavy atom. The van der Waals surface area contributed by atoms with Crippen LogP contribution in [-0.4, -0.2) is 32.0 Å². The molecule has 1 aromatic rings. The first-order valence-electron chi connectivity index (χ1n) is 6.09. The molecular weight excluding hydrogens is 280 g/mol. The second-order valence-corrected chi connectivity index (χ2v) is 5.96. The number of esters is 1. The predicted octanol–water partition coefficient (Wildman–Crippen LogP) is 1.11. The molecule has 0 spiro atoms. The van der Waals surface area contributed by atoms with Crippen LogP contribution in [0.1, 0.15) is 35.6 Å². The van der Waals surface area contributed by atoms with Gasteiger partial charge in [0.25, 0.3) is 0 Å². The molecule has 0 amide bonds. The zero-order chi connectivity index (χ0) is 15.5. The summed E-state index contributed by atoms with van der Waals surface area (Å²) in [5.74, 6) is 1.70. The van der Waals surface area contributed by atoms with Crippen molar-refractivity contribution in [3.05, 3.63) is 17.0 Å². The highest BCUT2D eigenvalue weighted by molar-refractivity contribution is 7.89. The van der Waals surface area contributed by atoms with Crippen LogP contribution in [0.2, 0.25) is 0 Å². The molecule has 0 radical (unpaired) electrons. The number of carbonyl (C=O) groups is 1. The molecule has 0 saturated heterocycles. The van der Waals surface area contributed by atoms with Crippen LogP contribution in [0.3, 0.4) is 0 Å². The number of hydrogen-bond acceptors (Lipinski definition) is 4. The van der Waals surface area contributed by atoms with E-state index in [1.54, 1.807) is 27.7 Å². The Morgan fingerprint density at radius 2 is 2.10 bits per heavy atom. The molecule has 2 N–H and O–H groups in total. The van der Waals surface area contributed by atoms with Crippen molar-refractivity contribution < 1.29 is 17.9 Å². The highest BCUT2D eigenvalue weighted by Gasteiger charge is 2.27. The first kappa shape index (κ1) is 16.3. The van der Waals surface area contributed by atoms with Crippen LogP contribution >= 0.6 is 0 Å². The number of nitrogens with one attached hydrogen (secondary N) is 2. The van der Waals surface area contributed by atoms with E-state index in [2.05, 4.69) is 15.6 Å². The zero-order valence-corrected chi connectivity index (χ0v) is 12.7. The monoisotopic (exact) mass is 298 g/mol.